The fraction of sp³-hybridized carbons (Fsp3) is 0.643. The number of nitrogens with one attached hydrogen (secondary N) is 1. The van der Waals surface area contributed by atoms with Gasteiger partial charge in [-0.15, -0.1) is 11.3 Å². The number of H-pyrrole nitrogens is 1. The minimum Gasteiger partial charge on any atom is -0.367 e. The van der Waals surface area contributed by atoms with Crippen molar-refractivity contribution < 1.29 is 4.74 Å². The van der Waals surface area contributed by atoms with E-state index in [0.29, 0.717) is 0 Å². The zero-order valence-electron chi connectivity index (χ0n) is 12.5. The SMILES string of the molecule is CCc1nc([C@@H]2CN(CCc3scnc3C)CCO2)n[nH]1. The number of hydrogen-bond donors (Lipinski definition) is 1. The van der Waals surface area contributed by atoms with Crippen LogP contribution < -0.4 is 0 Å². The van der Waals surface area contributed by atoms with Crippen LogP contribution in [0, 0.1) is 6.92 Å². The van der Waals surface area contributed by atoms with Gasteiger partial charge < -0.3 is 4.74 Å². The Balaban J connectivity index is 1.56. The summed E-state index contributed by atoms with van der Waals surface area (Å²) in [4.78, 5) is 12.6. The van der Waals surface area contributed by atoms with Crippen molar-refractivity contribution in [2.24, 2.45) is 0 Å². The first-order valence-corrected chi connectivity index (χ1v) is 8.28. The van der Waals surface area contributed by atoms with Crippen LogP contribution in [0.15, 0.2) is 5.51 Å². The molecule has 0 spiro atoms. The molecule has 1 aliphatic heterocycles. The molecule has 0 bridgehead atoms. The Kier molecular flexibility index (Phi) is 4.62. The average molecular weight is 307 g/mol. The maximum absolute atomic E-state index is 5.82. The molecule has 1 atom stereocenters. The Hall–Kier alpha value is -1.31. The van der Waals surface area contributed by atoms with Crippen LogP contribution in [-0.4, -0.2) is 51.3 Å². The Bertz CT molecular complexity index is 581. The number of thiazole rings is 1. The van der Waals surface area contributed by atoms with Gasteiger partial charge in [0.05, 0.1) is 17.8 Å². The molecule has 3 rings (SSSR count). The molecule has 0 aliphatic carbocycles. The zero-order chi connectivity index (χ0) is 14.7. The summed E-state index contributed by atoms with van der Waals surface area (Å²) in [5, 5.41) is 7.24. The van der Waals surface area contributed by atoms with Crippen molar-refractivity contribution in [3.63, 3.8) is 0 Å². The maximum atomic E-state index is 5.82. The van der Waals surface area contributed by atoms with E-state index in [4.69, 9.17) is 4.74 Å². The number of morpholine rings is 1. The van der Waals surface area contributed by atoms with Gasteiger partial charge in [0.1, 0.15) is 11.9 Å². The van der Waals surface area contributed by atoms with Gasteiger partial charge in [-0.3, -0.25) is 10.00 Å². The van der Waals surface area contributed by atoms with Gasteiger partial charge in [0.25, 0.3) is 0 Å². The van der Waals surface area contributed by atoms with Crippen LogP contribution in [-0.2, 0) is 17.6 Å². The lowest BCUT2D eigenvalue weighted by atomic mass is 10.2. The van der Waals surface area contributed by atoms with Crippen LogP contribution >= 0.6 is 11.3 Å². The van der Waals surface area contributed by atoms with E-state index >= 15 is 0 Å². The second kappa shape index (κ2) is 6.64. The second-order valence-corrected chi connectivity index (χ2v) is 6.20. The smallest absolute Gasteiger partial charge is 0.180 e. The molecule has 3 heterocycles. The van der Waals surface area contributed by atoms with Crippen molar-refractivity contribution >= 4 is 11.3 Å². The van der Waals surface area contributed by atoms with Crippen molar-refractivity contribution in [3.8, 4) is 0 Å². The van der Waals surface area contributed by atoms with Gasteiger partial charge in [0, 0.05) is 30.9 Å². The molecule has 2 aromatic rings. The summed E-state index contributed by atoms with van der Waals surface area (Å²) < 4.78 is 5.82. The fourth-order valence-corrected chi connectivity index (χ4v) is 3.27. The van der Waals surface area contributed by atoms with E-state index in [0.717, 1.165) is 56.4 Å². The lowest BCUT2D eigenvalue weighted by molar-refractivity contribution is -0.0337. The van der Waals surface area contributed by atoms with Crippen LogP contribution in [0.3, 0.4) is 0 Å². The standard InChI is InChI=1S/C14H21N5OS/c1-3-13-16-14(18-17-13)11-8-19(6-7-20-11)5-4-12-10(2)15-9-21-12/h9,11H,3-8H2,1-2H3,(H,16,17,18)/t11-/m0/s1. The van der Waals surface area contributed by atoms with Crippen LogP contribution in [0.2, 0.25) is 0 Å². The van der Waals surface area contributed by atoms with Crippen LogP contribution in [0.5, 0.6) is 0 Å². The number of hydrogen-bond acceptors (Lipinski definition) is 6. The minimum absolute atomic E-state index is 0.0159. The van der Waals surface area contributed by atoms with E-state index in [1.165, 1.54) is 4.88 Å². The average Bonchev–Trinajstić information content (AvgIpc) is 3.14. The van der Waals surface area contributed by atoms with Crippen LogP contribution in [0.4, 0.5) is 0 Å². The van der Waals surface area contributed by atoms with Gasteiger partial charge in [0.15, 0.2) is 5.82 Å². The molecule has 114 valence electrons. The maximum Gasteiger partial charge on any atom is 0.180 e. The van der Waals surface area contributed by atoms with E-state index < -0.39 is 0 Å². The monoisotopic (exact) mass is 307 g/mol. The Morgan fingerprint density at radius 2 is 2.43 bits per heavy atom. The van der Waals surface area contributed by atoms with E-state index in [9.17, 15) is 0 Å². The summed E-state index contributed by atoms with van der Waals surface area (Å²) in [5.41, 5.74) is 3.08. The van der Waals surface area contributed by atoms with E-state index in [2.05, 4.69) is 38.9 Å². The number of aromatic amines is 1. The molecule has 7 heteroatoms. The van der Waals surface area contributed by atoms with E-state index in [1.54, 1.807) is 11.3 Å². The molecule has 6 nitrogen and oxygen atoms in total. The predicted molar refractivity (Wildman–Crippen MR) is 81.4 cm³/mol. The van der Waals surface area contributed by atoms with Gasteiger partial charge in [-0.05, 0) is 13.3 Å². The number of aryl methyl sites for hydroxylation is 2. The van der Waals surface area contributed by atoms with Crippen LogP contribution in [0.1, 0.15) is 35.2 Å². The Labute approximate surface area is 128 Å². The molecule has 1 N–H and O–H groups in total. The van der Waals surface area contributed by atoms with Gasteiger partial charge in [-0.25, -0.2) is 9.97 Å². The van der Waals surface area contributed by atoms with E-state index in [1.807, 2.05) is 5.51 Å². The van der Waals surface area contributed by atoms with Gasteiger partial charge in [0.2, 0.25) is 0 Å². The van der Waals surface area contributed by atoms with Crippen molar-refractivity contribution in [1.82, 2.24) is 25.1 Å². The molecule has 1 fully saturated rings. The van der Waals surface area contributed by atoms with Gasteiger partial charge in [-0.2, -0.15) is 5.10 Å². The lowest BCUT2D eigenvalue weighted by Gasteiger charge is -2.31. The first-order valence-electron chi connectivity index (χ1n) is 7.40. The second-order valence-electron chi connectivity index (χ2n) is 5.26. The Morgan fingerprint density at radius 1 is 1.52 bits per heavy atom. The highest BCUT2D eigenvalue weighted by molar-refractivity contribution is 7.09. The summed E-state index contributed by atoms with van der Waals surface area (Å²) in [5.74, 6) is 1.71. The first-order chi connectivity index (χ1) is 10.3. The summed E-state index contributed by atoms with van der Waals surface area (Å²) >= 11 is 1.74. The lowest BCUT2D eigenvalue weighted by Crippen LogP contribution is -2.39. The van der Waals surface area contributed by atoms with Crippen LogP contribution in [0.25, 0.3) is 0 Å². The predicted octanol–water partition coefficient (Wildman–Crippen LogP) is 1.75. The third-order valence-electron chi connectivity index (χ3n) is 3.82. The van der Waals surface area contributed by atoms with Crippen molar-refractivity contribution in [1.29, 1.82) is 0 Å². The highest BCUT2D eigenvalue weighted by Gasteiger charge is 2.25. The normalized spacial score (nSPS) is 20.0. The van der Waals surface area contributed by atoms with Crippen molar-refractivity contribution in [2.45, 2.75) is 32.8 Å². The summed E-state index contributed by atoms with van der Waals surface area (Å²) in [6.45, 7) is 7.75. The minimum atomic E-state index is -0.0159. The fourth-order valence-electron chi connectivity index (χ4n) is 2.50. The van der Waals surface area contributed by atoms with Crippen molar-refractivity contribution in [2.75, 3.05) is 26.2 Å². The van der Waals surface area contributed by atoms with Gasteiger partial charge in [-0.1, -0.05) is 6.92 Å². The Morgan fingerprint density at radius 3 is 3.14 bits per heavy atom. The van der Waals surface area contributed by atoms with Gasteiger partial charge >= 0.3 is 0 Å². The number of rotatable bonds is 5. The molecule has 1 aliphatic rings. The topological polar surface area (TPSA) is 66.9 Å². The summed E-state index contributed by atoms with van der Waals surface area (Å²) in [6, 6.07) is 0. The molecule has 0 unspecified atom stereocenters. The molecule has 21 heavy (non-hydrogen) atoms. The third kappa shape index (κ3) is 3.48. The molecule has 0 saturated carbocycles. The zero-order valence-corrected chi connectivity index (χ0v) is 13.3. The molecule has 0 amide bonds. The highest BCUT2D eigenvalue weighted by Crippen LogP contribution is 2.20. The van der Waals surface area contributed by atoms with E-state index in [-0.39, 0.29) is 6.10 Å². The summed E-state index contributed by atoms with van der Waals surface area (Å²) in [7, 11) is 0. The third-order valence-corrected chi connectivity index (χ3v) is 4.82. The first kappa shape index (κ1) is 14.6. The molecule has 2 aromatic heterocycles. The number of nitrogens with zero attached hydrogens (tertiary/aromatic N) is 4. The molecular weight excluding hydrogens is 286 g/mol. The molecular formula is C14H21N5OS. The molecule has 1 saturated heterocycles. The molecule has 0 radical (unpaired) electrons. The highest BCUT2D eigenvalue weighted by atomic mass is 32.1. The molecule has 0 aromatic carbocycles. The number of ether oxygens (including phenoxy) is 1. The quantitative estimate of drug-likeness (QED) is 0.911. The van der Waals surface area contributed by atoms with Crippen molar-refractivity contribution in [3.05, 3.63) is 27.7 Å². The number of aromatic nitrogens is 4. The summed E-state index contributed by atoms with van der Waals surface area (Å²) in [6.07, 6.45) is 1.91. The largest absolute Gasteiger partial charge is 0.367 e.